The standard InChI is InChI=1S/C12H7N3/c13-8-12-14-10-5-2-1-4-9(10)11-6-3-7-15(11)12/h1-7H. The van der Waals surface area contributed by atoms with Crippen LogP contribution in [-0.2, 0) is 0 Å². The first-order valence-electron chi connectivity index (χ1n) is 4.66. The first-order chi connectivity index (χ1) is 7.40. The third-order valence-electron chi connectivity index (χ3n) is 2.48. The molecule has 0 spiro atoms. The molecule has 3 aromatic rings. The Balaban J connectivity index is 2.64. The maximum absolute atomic E-state index is 8.98. The van der Waals surface area contributed by atoms with E-state index in [9.17, 15) is 0 Å². The minimum absolute atomic E-state index is 0.425. The first kappa shape index (κ1) is 8.01. The number of hydrogen-bond acceptors (Lipinski definition) is 2. The van der Waals surface area contributed by atoms with E-state index < -0.39 is 0 Å². The molecule has 0 N–H and O–H groups in total. The molecule has 2 aromatic heterocycles. The Morgan fingerprint density at radius 3 is 2.87 bits per heavy atom. The Morgan fingerprint density at radius 1 is 1.13 bits per heavy atom. The van der Waals surface area contributed by atoms with Crippen molar-refractivity contribution in [2.24, 2.45) is 0 Å². The number of aromatic nitrogens is 2. The van der Waals surface area contributed by atoms with Gasteiger partial charge in [0, 0.05) is 11.6 Å². The molecule has 1 aromatic carbocycles. The van der Waals surface area contributed by atoms with Crippen molar-refractivity contribution in [3.63, 3.8) is 0 Å². The van der Waals surface area contributed by atoms with Crippen molar-refractivity contribution >= 4 is 16.4 Å². The molecule has 0 atom stereocenters. The van der Waals surface area contributed by atoms with Gasteiger partial charge in [-0.25, -0.2) is 4.98 Å². The topological polar surface area (TPSA) is 41.1 Å². The molecule has 0 bridgehead atoms. The van der Waals surface area contributed by atoms with Crippen molar-refractivity contribution in [1.82, 2.24) is 9.38 Å². The highest BCUT2D eigenvalue weighted by atomic mass is 15.0. The molecule has 0 saturated carbocycles. The van der Waals surface area contributed by atoms with Crippen LogP contribution in [0.1, 0.15) is 5.82 Å². The fourth-order valence-corrected chi connectivity index (χ4v) is 1.82. The molecule has 0 amide bonds. The van der Waals surface area contributed by atoms with Crippen LogP contribution in [-0.4, -0.2) is 9.38 Å². The molecule has 2 heterocycles. The van der Waals surface area contributed by atoms with E-state index in [-0.39, 0.29) is 0 Å². The van der Waals surface area contributed by atoms with Gasteiger partial charge in [-0.1, -0.05) is 18.2 Å². The van der Waals surface area contributed by atoms with Gasteiger partial charge in [-0.2, -0.15) is 5.26 Å². The van der Waals surface area contributed by atoms with Gasteiger partial charge in [-0.3, -0.25) is 4.40 Å². The van der Waals surface area contributed by atoms with Crippen molar-refractivity contribution in [2.45, 2.75) is 0 Å². The molecule has 0 aliphatic heterocycles. The summed E-state index contributed by atoms with van der Waals surface area (Å²) in [5, 5.41) is 10.1. The van der Waals surface area contributed by atoms with Crippen molar-refractivity contribution in [3.05, 3.63) is 48.4 Å². The number of fused-ring (bicyclic) bond motifs is 3. The zero-order valence-electron chi connectivity index (χ0n) is 7.88. The molecule has 3 nitrogen and oxygen atoms in total. The molecule has 0 aliphatic carbocycles. The van der Waals surface area contributed by atoms with E-state index in [0.717, 1.165) is 16.4 Å². The Hall–Kier alpha value is -2.34. The van der Waals surface area contributed by atoms with Crippen LogP contribution in [0.3, 0.4) is 0 Å². The summed E-state index contributed by atoms with van der Waals surface area (Å²) in [6.45, 7) is 0. The van der Waals surface area contributed by atoms with Gasteiger partial charge >= 0.3 is 0 Å². The van der Waals surface area contributed by atoms with Crippen LogP contribution in [0, 0.1) is 11.3 Å². The van der Waals surface area contributed by atoms with Gasteiger partial charge in [-0.05, 0) is 18.2 Å². The SMILES string of the molecule is N#Cc1nc2ccccc2c2cccn12. The van der Waals surface area contributed by atoms with Crippen LogP contribution < -0.4 is 0 Å². The van der Waals surface area contributed by atoms with E-state index in [1.54, 1.807) is 0 Å². The number of para-hydroxylation sites is 1. The molecule has 0 unspecified atom stereocenters. The van der Waals surface area contributed by atoms with Gasteiger partial charge in [-0.15, -0.1) is 0 Å². The third-order valence-corrected chi connectivity index (χ3v) is 2.48. The zero-order chi connectivity index (χ0) is 10.3. The smallest absolute Gasteiger partial charge is 0.217 e. The van der Waals surface area contributed by atoms with Gasteiger partial charge in [0.05, 0.1) is 11.0 Å². The summed E-state index contributed by atoms with van der Waals surface area (Å²) >= 11 is 0. The predicted molar refractivity (Wildman–Crippen MR) is 57.4 cm³/mol. The number of hydrogen-bond donors (Lipinski definition) is 0. The maximum Gasteiger partial charge on any atom is 0.217 e. The average Bonchev–Trinajstić information content (AvgIpc) is 2.77. The highest BCUT2D eigenvalue weighted by molar-refractivity contribution is 5.93. The molecule has 15 heavy (non-hydrogen) atoms. The molecule has 3 heteroatoms. The minimum Gasteiger partial charge on any atom is -0.292 e. The molecule has 3 rings (SSSR count). The number of benzene rings is 1. The Bertz CT molecular complexity index is 689. The second-order valence-electron chi connectivity index (χ2n) is 3.33. The molecule has 0 aliphatic rings. The second-order valence-corrected chi connectivity index (χ2v) is 3.33. The van der Waals surface area contributed by atoms with Crippen molar-refractivity contribution in [2.75, 3.05) is 0 Å². The van der Waals surface area contributed by atoms with Crippen LogP contribution in [0.5, 0.6) is 0 Å². The molecule has 0 saturated heterocycles. The van der Waals surface area contributed by atoms with Crippen LogP contribution in [0.4, 0.5) is 0 Å². The van der Waals surface area contributed by atoms with E-state index in [4.69, 9.17) is 5.26 Å². The third kappa shape index (κ3) is 1.02. The summed E-state index contributed by atoms with van der Waals surface area (Å²) in [6, 6.07) is 13.8. The number of nitriles is 1. The summed E-state index contributed by atoms with van der Waals surface area (Å²) < 4.78 is 1.81. The highest BCUT2D eigenvalue weighted by Gasteiger charge is 2.05. The van der Waals surface area contributed by atoms with E-state index in [0.29, 0.717) is 5.82 Å². The number of nitrogens with zero attached hydrogens (tertiary/aromatic N) is 3. The summed E-state index contributed by atoms with van der Waals surface area (Å²) in [6.07, 6.45) is 1.85. The lowest BCUT2D eigenvalue weighted by Crippen LogP contribution is -1.95. The van der Waals surface area contributed by atoms with E-state index in [2.05, 4.69) is 11.1 Å². The number of rotatable bonds is 0. The fraction of sp³-hybridized carbons (Fsp3) is 0. The summed E-state index contributed by atoms with van der Waals surface area (Å²) in [5.41, 5.74) is 1.89. The van der Waals surface area contributed by atoms with Gasteiger partial charge in [0.1, 0.15) is 6.07 Å². The summed E-state index contributed by atoms with van der Waals surface area (Å²) in [5.74, 6) is 0.425. The Labute approximate surface area is 86.2 Å². The van der Waals surface area contributed by atoms with Crippen molar-refractivity contribution in [3.8, 4) is 6.07 Å². The molecular weight excluding hydrogens is 186 g/mol. The Kier molecular flexibility index (Phi) is 1.51. The van der Waals surface area contributed by atoms with Crippen LogP contribution in [0.25, 0.3) is 16.4 Å². The first-order valence-corrected chi connectivity index (χ1v) is 4.66. The summed E-state index contributed by atoms with van der Waals surface area (Å²) in [4.78, 5) is 4.30. The van der Waals surface area contributed by atoms with Gasteiger partial charge in [0.15, 0.2) is 0 Å². The predicted octanol–water partition coefficient (Wildman–Crippen LogP) is 2.36. The monoisotopic (exact) mass is 193 g/mol. The second kappa shape index (κ2) is 2.82. The Morgan fingerprint density at radius 2 is 2.00 bits per heavy atom. The minimum atomic E-state index is 0.425. The molecule has 70 valence electrons. The van der Waals surface area contributed by atoms with Crippen LogP contribution in [0.15, 0.2) is 42.6 Å². The van der Waals surface area contributed by atoms with Gasteiger partial charge in [0.2, 0.25) is 5.82 Å². The van der Waals surface area contributed by atoms with Crippen LogP contribution >= 0.6 is 0 Å². The zero-order valence-corrected chi connectivity index (χ0v) is 7.88. The normalized spacial score (nSPS) is 10.6. The van der Waals surface area contributed by atoms with Crippen molar-refractivity contribution < 1.29 is 0 Å². The molecular formula is C12H7N3. The molecule has 0 fully saturated rings. The maximum atomic E-state index is 8.98. The van der Waals surface area contributed by atoms with Gasteiger partial charge in [0.25, 0.3) is 0 Å². The fourth-order valence-electron chi connectivity index (χ4n) is 1.82. The van der Waals surface area contributed by atoms with Crippen molar-refractivity contribution in [1.29, 1.82) is 5.26 Å². The van der Waals surface area contributed by atoms with Crippen LogP contribution in [0.2, 0.25) is 0 Å². The highest BCUT2D eigenvalue weighted by Crippen LogP contribution is 2.19. The quantitative estimate of drug-likeness (QED) is 0.550. The van der Waals surface area contributed by atoms with Gasteiger partial charge < -0.3 is 0 Å². The lowest BCUT2D eigenvalue weighted by molar-refractivity contribution is 1.08. The van der Waals surface area contributed by atoms with E-state index >= 15 is 0 Å². The lowest BCUT2D eigenvalue weighted by Gasteiger charge is -2.02. The lowest BCUT2D eigenvalue weighted by atomic mass is 10.2. The summed E-state index contributed by atoms with van der Waals surface area (Å²) in [7, 11) is 0. The van der Waals surface area contributed by atoms with E-state index in [1.807, 2.05) is 47.0 Å². The molecule has 0 radical (unpaired) electrons. The van der Waals surface area contributed by atoms with E-state index in [1.165, 1.54) is 0 Å². The average molecular weight is 193 g/mol. The largest absolute Gasteiger partial charge is 0.292 e.